The molecule has 0 aliphatic rings. The summed E-state index contributed by atoms with van der Waals surface area (Å²) in [5.41, 5.74) is 1.18. The van der Waals surface area contributed by atoms with Gasteiger partial charge in [-0.2, -0.15) is 0 Å². The van der Waals surface area contributed by atoms with E-state index in [9.17, 15) is 4.79 Å². The van der Waals surface area contributed by atoms with Gasteiger partial charge in [0.2, 0.25) is 0 Å². The predicted molar refractivity (Wildman–Crippen MR) is 73.9 cm³/mol. The van der Waals surface area contributed by atoms with Gasteiger partial charge >= 0.3 is 6.03 Å². The number of aromatic nitrogens is 2. The quantitative estimate of drug-likeness (QED) is 0.909. The number of nitrogens with one attached hydrogen (secondary N) is 1. The lowest BCUT2D eigenvalue weighted by Crippen LogP contribution is -2.36. The minimum atomic E-state index is -0.166. The van der Waals surface area contributed by atoms with Crippen LogP contribution in [0.25, 0.3) is 0 Å². The molecule has 5 nitrogen and oxygen atoms in total. The summed E-state index contributed by atoms with van der Waals surface area (Å²) in [6, 6.07) is 10.1. The van der Waals surface area contributed by atoms with Crippen LogP contribution in [0.4, 0.5) is 4.79 Å². The third kappa shape index (κ3) is 3.42. The standard InChI is InChI=1S/C14H18N4O/c1-17(2)13(12-6-4-3-5-7-12)10-16-14(19)18-9-8-15-11-18/h3-9,11,13H,10H2,1-2H3,(H,16,19). The first kappa shape index (κ1) is 13.3. The van der Waals surface area contributed by atoms with Crippen LogP contribution in [0.15, 0.2) is 49.1 Å². The number of rotatable bonds is 4. The third-order valence-electron chi connectivity index (χ3n) is 2.99. The summed E-state index contributed by atoms with van der Waals surface area (Å²) >= 11 is 0. The van der Waals surface area contributed by atoms with E-state index >= 15 is 0 Å². The molecule has 2 aromatic rings. The molecule has 1 unspecified atom stereocenters. The number of benzene rings is 1. The fourth-order valence-corrected chi connectivity index (χ4v) is 1.93. The lowest BCUT2D eigenvalue weighted by molar-refractivity contribution is 0.234. The topological polar surface area (TPSA) is 50.2 Å². The Morgan fingerprint density at radius 1 is 1.37 bits per heavy atom. The summed E-state index contributed by atoms with van der Waals surface area (Å²) in [5.74, 6) is 0. The van der Waals surface area contributed by atoms with Gasteiger partial charge < -0.3 is 10.2 Å². The zero-order chi connectivity index (χ0) is 13.7. The number of hydrogen-bond donors (Lipinski definition) is 1. The van der Waals surface area contributed by atoms with Gasteiger partial charge in [-0.05, 0) is 19.7 Å². The molecule has 1 aromatic heterocycles. The number of amides is 1. The van der Waals surface area contributed by atoms with Crippen LogP contribution < -0.4 is 5.32 Å². The second-order valence-electron chi connectivity index (χ2n) is 4.55. The fourth-order valence-electron chi connectivity index (χ4n) is 1.93. The molecule has 0 aliphatic carbocycles. The molecule has 5 heteroatoms. The predicted octanol–water partition coefficient (Wildman–Crippen LogP) is 1.74. The molecule has 1 aromatic carbocycles. The van der Waals surface area contributed by atoms with Crippen LogP contribution in [-0.2, 0) is 0 Å². The third-order valence-corrected chi connectivity index (χ3v) is 2.99. The molecular weight excluding hydrogens is 240 g/mol. The van der Waals surface area contributed by atoms with Gasteiger partial charge in [0.25, 0.3) is 0 Å². The molecule has 0 aliphatic heterocycles. The molecule has 1 atom stereocenters. The van der Waals surface area contributed by atoms with E-state index < -0.39 is 0 Å². The summed E-state index contributed by atoms with van der Waals surface area (Å²) in [6.45, 7) is 0.550. The highest BCUT2D eigenvalue weighted by molar-refractivity contribution is 5.76. The van der Waals surface area contributed by atoms with Gasteiger partial charge in [-0.1, -0.05) is 30.3 Å². The molecule has 19 heavy (non-hydrogen) atoms. The Balaban J connectivity index is 2.01. The molecule has 1 N–H and O–H groups in total. The highest BCUT2D eigenvalue weighted by Crippen LogP contribution is 2.16. The second kappa shape index (κ2) is 6.15. The zero-order valence-corrected chi connectivity index (χ0v) is 11.2. The number of nitrogens with zero attached hydrogens (tertiary/aromatic N) is 3. The van der Waals surface area contributed by atoms with Crippen LogP contribution >= 0.6 is 0 Å². The average molecular weight is 258 g/mol. The van der Waals surface area contributed by atoms with E-state index in [1.807, 2.05) is 32.3 Å². The molecule has 100 valence electrons. The number of carbonyl (C=O) groups is 1. The van der Waals surface area contributed by atoms with Crippen molar-refractivity contribution in [3.05, 3.63) is 54.6 Å². The SMILES string of the molecule is CN(C)C(CNC(=O)n1ccnc1)c1ccccc1. The van der Waals surface area contributed by atoms with Gasteiger partial charge in [-0.3, -0.25) is 4.57 Å². The lowest BCUT2D eigenvalue weighted by atomic mass is 10.1. The Hall–Kier alpha value is -2.14. The minimum Gasteiger partial charge on any atom is -0.335 e. The van der Waals surface area contributed by atoms with Gasteiger partial charge in [0.05, 0.1) is 6.04 Å². The Labute approximate surface area is 112 Å². The van der Waals surface area contributed by atoms with Gasteiger partial charge in [-0.15, -0.1) is 0 Å². The number of imidazole rings is 1. The van der Waals surface area contributed by atoms with Gasteiger partial charge in [0.15, 0.2) is 0 Å². The molecule has 0 fully saturated rings. The molecular formula is C14H18N4O. The summed E-state index contributed by atoms with van der Waals surface area (Å²) in [7, 11) is 4.00. The molecule has 1 heterocycles. The maximum Gasteiger partial charge on any atom is 0.326 e. The van der Waals surface area contributed by atoms with Crippen molar-refractivity contribution in [1.29, 1.82) is 0 Å². The van der Waals surface area contributed by atoms with E-state index in [0.717, 1.165) is 0 Å². The maximum absolute atomic E-state index is 11.9. The summed E-state index contributed by atoms with van der Waals surface area (Å²) in [4.78, 5) is 17.8. The van der Waals surface area contributed by atoms with E-state index in [1.54, 1.807) is 12.4 Å². The van der Waals surface area contributed by atoms with Gasteiger partial charge in [0, 0.05) is 18.9 Å². The maximum atomic E-state index is 11.9. The molecule has 0 spiro atoms. The van der Waals surface area contributed by atoms with E-state index in [2.05, 4.69) is 27.3 Å². The molecule has 0 bridgehead atoms. The first-order chi connectivity index (χ1) is 9.18. The minimum absolute atomic E-state index is 0.147. The van der Waals surface area contributed by atoms with Crippen LogP contribution in [-0.4, -0.2) is 41.1 Å². The Bertz CT molecular complexity index is 508. The number of likely N-dealkylation sites (N-methyl/N-ethyl adjacent to an activating group) is 1. The van der Waals surface area contributed by atoms with E-state index in [4.69, 9.17) is 0 Å². The molecule has 0 saturated heterocycles. The van der Waals surface area contributed by atoms with Gasteiger partial charge in [0.1, 0.15) is 6.33 Å². The van der Waals surface area contributed by atoms with Crippen molar-refractivity contribution in [2.75, 3.05) is 20.6 Å². The summed E-state index contributed by atoms with van der Waals surface area (Å²) < 4.78 is 1.43. The van der Waals surface area contributed by atoms with Crippen LogP contribution in [0.5, 0.6) is 0 Å². The second-order valence-corrected chi connectivity index (χ2v) is 4.55. The van der Waals surface area contributed by atoms with Crippen molar-refractivity contribution in [3.8, 4) is 0 Å². The van der Waals surface area contributed by atoms with Crippen LogP contribution in [0.1, 0.15) is 11.6 Å². The normalized spacial score (nSPS) is 12.4. The average Bonchev–Trinajstić information content (AvgIpc) is 2.93. The Morgan fingerprint density at radius 3 is 2.68 bits per heavy atom. The van der Waals surface area contributed by atoms with Crippen molar-refractivity contribution in [2.45, 2.75) is 6.04 Å². The fraction of sp³-hybridized carbons (Fsp3) is 0.286. The number of carbonyl (C=O) groups excluding carboxylic acids is 1. The van der Waals surface area contributed by atoms with Gasteiger partial charge in [-0.25, -0.2) is 9.78 Å². The molecule has 1 amide bonds. The zero-order valence-electron chi connectivity index (χ0n) is 11.2. The van der Waals surface area contributed by atoms with Crippen molar-refractivity contribution < 1.29 is 4.79 Å². The molecule has 0 radical (unpaired) electrons. The Kier molecular flexibility index (Phi) is 4.30. The van der Waals surface area contributed by atoms with E-state index in [0.29, 0.717) is 6.54 Å². The number of hydrogen-bond acceptors (Lipinski definition) is 3. The first-order valence-electron chi connectivity index (χ1n) is 6.16. The first-order valence-corrected chi connectivity index (χ1v) is 6.16. The smallest absolute Gasteiger partial charge is 0.326 e. The molecule has 2 rings (SSSR count). The van der Waals surface area contributed by atoms with Crippen molar-refractivity contribution in [3.63, 3.8) is 0 Å². The summed E-state index contributed by atoms with van der Waals surface area (Å²) in [6.07, 6.45) is 4.70. The van der Waals surface area contributed by atoms with E-state index in [1.165, 1.54) is 16.5 Å². The van der Waals surface area contributed by atoms with Crippen molar-refractivity contribution >= 4 is 6.03 Å². The van der Waals surface area contributed by atoms with Crippen LogP contribution in [0.3, 0.4) is 0 Å². The Morgan fingerprint density at radius 2 is 2.11 bits per heavy atom. The van der Waals surface area contributed by atoms with Crippen LogP contribution in [0, 0.1) is 0 Å². The van der Waals surface area contributed by atoms with Crippen molar-refractivity contribution in [1.82, 2.24) is 19.8 Å². The highest BCUT2D eigenvalue weighted by atomic mass is 16.2. The summed E-state index contributed by atoms with van der Waals surface area (Å²) in [5, 5.41) is 2.91. The monoisotopic (exact) mass is 258 g/mol. The highest BCUT2D eigenvalue weighted by Gasteiger charge is 2.15. The van der Waals surface area contributed by atoms with E-state index in [-0.39, 0.29) is 12.1 Å². The van der Waals surface area contributed by atoms with Crippen molar-refractivity contribution in [2.24, 2.45) is 0 Å². The molecule has 0 saturated carbocycles. The lowest BCUT2D eigenvalue weighted by Gasteiger charge is -2.25. The largest absolute Gasteiger partial charge is 0.335 e. The van der Waals surface area contributed by atoms with Crippen LogP contribution in [0.2, 0.25) is 0 Å².